The van der Waals surface area contributed by atoms with Crippen LogP contribution in [0.3, 0.4) is 0 Å². The van der Waals surface area contributed by atoms with Crippen LogP contribution in [0, 0.1) is 5.82 Å². The minimum Gasteiger partial charge on any atom is -0.468 e. The largest absolute Gasteiger partial charge is 0.468 e. The molecule has 0 fully saturated rings. The van der Waals surface area contributed by atoms with E-state index < -0.39 is 11.7 Å². The first-order valence-electron chi connectivity index (χ1n) is 10.7. The average Bonchev–Trinajstić information content (AvgIpc) is 2.73. The second-order valence-corrected chi connectivity index (χ2v) is 8.77. The van der Waals surface area contributed by atoms with Crippen LogP contribution < -0.4 is 5.32 Å². The smallest absolute Gasteiger partial charge is 0.407 e. The highest BCUT2D eigenvalue weighted by Gasteiger charge is 2.26. The molecule has 0 aromatic heterocycles. The third-order valence-electron chi connectivity index (χ3n) is 4.96. The van der Waals surface area contributed by atoms with Crippen molar-refractivity contribution >= 4 is 12.1 Å². The maximum absolute atomic E-state index is 13.4. The normalized spacial score (nSPS) is 13.3. The molecule has 0 radical (unpaired) electrons. The summed E-state index contributed by atoms with van der Waals surface area (Å²) in [4.78, 5) is 26.6. The van der Waals surface area contributed by atoms with E-state index in [1.807, 2.05) is 42.2 Å². The van der Waals surface area contributed by atoms with Gasteiger partial charge in [0.2, 0.25) is 0 Å². The predicted molar refractivity (Wildman–Crippen MR) is 122 cm³/mol. The first kappa shape index (κ1) is 25.3. The zero-order chi connectivity index (χ0) is 23.7. The molecule has 0 saturated heterocycles. The van der Waals surface area contributed by atoms with Gasteiger partial charge >= 0.3 is 12.1 Å². The summed E-state index contributed by atoms with van der Waals surface area (Å²) in [5.41, 5.74) is 1.25. The third-order valence-corrected chi connectivity index (χ3v) is 4.96. The number of nitrogens with zero attached hydrogens (tertiary/aromatic N) is 1. The lowest BCUT2D eigenvalue weighted by molar-refractivity contribution is -0.142. The molecule has 2 aromatic carbocycles. The Morgan fingerprint density at radius 2 is 1.69 bits per heavy atom. The van der Waals surface area contributed by atoms with Gasteiger partial charge in [0.25, 0.3) is 0 Å². The van der Waals surface area contributed by atoms with Gasteiger partial charge in [-0.05, 0) is 57.4 Å². The molecule has 0 saturated carbocycles. The van der Waals surface area contributed by atoms with Crippen molar-refractivity contribution in [1.82, 2.24) is 10.2 Å². The topological polar surface area (TPSA) is 67.9 Å². The van der Waals surface area contributed by atoms with Crippen molar-refractivity contribution in [3.8, 4) is 0 Å². The van der Waals surface area contributed by atoms with E-state index in [-0.39, 0.29) is 30.4 Å². The molecular weight excluding hydrogens is 411 g/mol. The number of alkyl carbamates (subject to hydrolysis) is 1. The van der Waals surface area contributed by atoms with Gasteiger partial charge in [0.05, 0.1) is 13.7 Å². The molecule has 0 unspecified atom stereocenters. The average molecular weight is 445 g/mol. The molecule has 2 aromatic rings. The SMILES string of the molecule is COC(=O)CN(C[C@H](Cc1ccc(F)cc1)NC(=O)OC(C)(C)C)[C@H](C)c1ccccc1. The van der Waals surface area contributed by atoms with Gasteiger partial charge < -0.3 is 14.8 Å². The molecule has 1 amide bonds. The van der Waals surface area contributed by atoms with E-state index in [2.05, 4.69) is 5.32 Å². The number of halogens is 1. The Bertz CT molecular complexity index is 866. The number of rotatable bonds is 9. The Labute approximate surface area is 189 Å². The number of hydrogen-bond donors (Lipinski definition) is 1. The van der Waals surface area contributed by atoms with Gasteiger partial charge in [0.1, 0.15) is 11.4 Å². The monoisotopic (exact) mass is 444 g/mol. The summed E-state index contributed by atoms with van der Waals surface area (Å²) in [6.45, 7) is 7.80. The number of carbonyl (C=O) groups excluding carboxylic acids is 2. The summed E-state index contributed by atoms with van der Waals surface area (Å²) in [5.74, 6) is -0.694. The van der Waals surface area contributed by atoms with Gasteiger partial charge in [-0.1, -0.05) is 42.5 Å². The molecule has 0 spiro atoms. The van der Waals surface area contributed by atoms with Crippen molar-refractivity contribution in [3.63, 3.8) is 0 Å². The predicted octanol–water partition coefficient (Wildman–Crippen LogP) is 4.50. The number of ether oxygens (including phenoxy) is 2. The Morgan fingerprint density at radius 3 is 2.25 bits per heavy atom. The number of amides is 1. The van der Waals surface area contributed by atoms with Crippen LogP contribution in [0.4, 0.5) is 9.18 Å². The zero-order valence-corrected chi connectivity index (χ0v) is 19.4. The second-order valence-electron chi connectivity index (χ2n) is 8.77. The number of nitrogens with one attached hydrogen (secondary N) is 1. The minimum absolute atomic E-state index is 0.0580. The molecule has 174 valence electrons. The molecule has 2 rings (SSSR count). The van der Waals surface area contributed by atoms with Crippen LogP contribution in [0.2, 0.25) is 0 Å². The van der Waals surface area contributed by atoms with E-state index >= 15 is 0 Å². The Kier molecular flexibility index (Phi) is 9.20. The van der Waals surface area contributed by atoms with Crippen molar-refractivity contribution in [2.45, 2.75) is 51.8 Å². The lowest BCUT2D eigenvalue weighted by Gasteiger charge is -2.33. The molecule has 0 bridgehead atoms. The highest BCUT2D eigenvalue weighted by Crippen LogP contribution is 2.21. The lowest BCUT2D eigenvalue weighted by atomic mass is 10.0. The summed E-state index contributed by atoms with van der Waals surface area (Å²) < 4.78 is 23.7. The molecule has 1 N–H and O–H groups in total. The van der Waals surface area contributed by atoms with Crippen LogP contribution in [0.15, 0.2) is 54.6 Å². The summed E-state index contributed by atoms with van der Waals surface area (Å²) in [6.07, 6.45) is -0.103. The second kappa shape index (κ2) is 11.6. The maximum Gasteiger partial charge on any atom is 0.407 e. The quantitative estimate of drug-likeness (QED) is 0.577. The Balaban J connectivity index is 2.26. The maximum atomic E-state index is 13.4. The van der Waals surface area contributed by atoms with E-state index in [1.165, 1.54) is 19.2 Å². The van der Waals surface area contributed by atoms with E-state index in [0.717, 1.165) is 11.1 Å². The third kappa shape index (κ3) is 8.67. The fourth-order valence-corrected chi connectivity index (χ4v) is 3.36. The number of carbonyl (C=O) groups is 2. The molecule has 0 aliphatic carbocycles. The highest BCUT2D eigenvalue weighted by molar-refractivity contribution is 5.71. The van der Waals surface area contributed by atoms with Gasteiger partial charge in [-0.2, -0.15) is 0 Å². The van der Waals surface area contributed by atoms with Crippen LogP contribution in [0.5, 0.6) is 0 Å². The van der Waals surface area contributed by atoms with Crippen LogP contribution in [0.1, 0.15) is 44.9 Å². The van der Waals surface area contributed by atoms with E-state index in [4.69, 9.17) is 9.47 Å². The van der Waals surface area contributed by atoms with Crippen molar-refractivity contribution in [2.24, 2.45) is 0 Å². The summed E-state index contributed by atoms with van der Waals surface area (Å²) in [7, 11) is 1.35. The molecule has 6 nitrogen and oxygen atoms in total. The summed E-state index contributed by atoms with van der Waals surface area (Å²) in [6, 6.07) is 15.5. The molecule has 0 heterocycles. The van der Waals surface area contributed by atoms with Gasteiger partial charge in [0, 0.05) is 18.6 Å². The fourth-order valence-electron chi connectivity index (χ4n) is 3.36. The van der Waals surface area contributed by atoms with Crippen molar-refractivity contribution in [3.05, 3.63) is 71.5 Å². The van der Waals surface area contributed by atoms with Gasteiger partial charge in [-0.25, -0.2) is 9.18 Å². The standard InChI is InChI=1S/C25H33FN2O4/c1-18(20-9-7-6-8-10-20)28(17-23(29)31-5)16-22(27-24(30)32-25(2,3)4)15-19-11-13-21(26)14-12-19/h6-14,18,22H,15-17H2,1-5H3,(H,27,30)/t18-,22+/m1/s1. The fraction of sp³-hybridized carbons (Fsp3) is 0.440. The van der Waals surface area contributed by atoms with Crippen molar-refractivity contribution < 1.29 is 23.5 Å². The molecular formula is C25H33FN2O4. The molecule has 7 heteroatoms. The zero-order valence-electron chi connectivity index (χ0n) is 19.4. The first-order chi connectivity index (χ1) is 15.1. The number of hydrogen-bond acceptors (Lipinski definition) is 5. The van der Waals surface area contributed by atoms with E-state index in [1.54, 1.807) is 32.9 Å². The van der Waals surface area contributed by atoms with Gasteiger partial charge in [-0.15, -0.1) is 0 Å². The van der Waals surface area contributed by atoms with Crippen LogP contribution in [0.25, 0.3) is 0 Å². The van der Waals surface area contributed by atoms with Gasteiger partial charge in [-0.3, -0.25) is 9.69 Å². The van der Waals surface area contributed by atoms with Crippen molar-refractivity contribution in [2.75, 3.05) is 20.2 Å². The Morgan fingerprint density at radius 1 is 1.06 bits per heavy atom. The number of esters is 1. The highest BCUT2D eigenvalue weighted by atomic mass is 19.1. The van der Waals surface area contributed by atoms with Crippen molar-refractivity contribution in [1.29, 1.82) is 0 Å². The molecule has 2 atom stereocenters. The number of methoxy groups -OCH3 is 1. The first-order valence-corrected chi connectivity index (χ1v) is 10.7. The molecule has 0 aliphatic rings. The van der Waals surface area contributed by atoms with Crippen LogP contribution in [-0.2, 0) is 20.7 Å². The van der Waals surface area contributed by atoms with Crippen LogP contribution in [-0.4, -0.2) is 48.8 Å². The van der Waals surface area contributed by atoms with Crippen LogP contribution >= 0.6 is 0 Å². The van der Waals surface area contributed by atoms with Gasteiger partial charge in [0.15, 0.2) is 0 Å². The number of benzene rings is 2. The van der Waals surface area contributed by atoms with E-state index in [9.17, 15) is 14.0 Å². The summed E-state index contributed by atoms with van der Waals surface area (Å²) >= 11 is 0. The van der Waals surface area contributed by atoms with E-state index in [0.29, 0.717) is 13.0 Å². The minimum atomic E-state index is -0.645. The molecule has 32 heavy (non-hydrogen) atoms. The Hall–Kier alpha value is -2.93. The molecule has 0 aliphatic heterocycles. The summed E-state index contributed by atoms with van der Waals surface area (Å²) in [5, 5.41) is 2.92. The lowest BCUT2D eigenvalue weighted by Crippen LogP contribution is -2.48.